The number of aromatic nitrogens is 1. The molecule has 0 aliphatic carbocycles. The fourth-order valence-electron chi connectivity index (χ4n) is 1.74. The van der Waals surface area contributed by atoms with Gasteiger partial charge in [-0.2, -0.15) is 0 Å². The van der Waals surface area contributed by atoms with Crippen LogP contribution in [0.4, 0.5) is 0 Å². The molecule has 0 N–H and O–H groups in total. The molecule has 0 saturated carbocycles. The van der Waals surface area contributed by atoms with Crippen molar-refractivity contribution in [2.24, 2.45) is 0 Å². The standard InChI is InChI=1S/C15H15NO2/c1-18-15(17)10-9-14(16-11-5-6-12-16)13-7-3-2-4-8-13/h2-9,11-12H,10H2,1H3/b14-9-. The summed E-state index contributed by atoms with van der Waals surface area (Å²) >= 11 is 0. The quantitative estimate of drug-likeness (QED) is 0.771. The zero-order valence-electron chi connectivity index (χ0n) is 10.2. The molecule has 0 atom stereocenters. The predicted octanol–water partition coefficient (Wildman–Crippen LogP) is 2.94. The fraction of sp³-hybridized carbons (Fsp3) is 0.133. The average molecular weight is 241 g/mol. The number of nitrogens with zero attached hydrogens (tertiary/aromatic N) is 1. The molecule has 3 nitrogen and oxygen atoms in total. The molecule has 0 radical (unpaired) electrons. The largest absolute Gasteiger partial charge is 0.469 e. The maximum Gasteiger partial charge on any atom is 0.309 e. The average Bonchev–Trinajstić information content (AvgIpc) is 2.94. The van der Waals surface area contributed by atoms with E-state index in [1.807, 2.05) is 65.5 Å². The number of methoxy groups -OCH3 is 1. The molecule has 0 aliphatic rings. The van der Waals surface area contributed by atoms with Gasteiger partial charge >= 0.3 is 5.97 Å². The molecule has 92 valence electrons. The Morgan fingerprint density at radius 2 is 1.83 bits per heavy atom. The van der Waals surface area contributed by atoms with Crippen molar-refractivity contribution in [2.75, 3.05) is 7.11 Å². The van der Waals surface area contributed by atoms with Crippen LogP contribution in [-0.2, 0) is 9.53 Å². The van der Waals surface area contributed by atoms with E-state index in [4.69, 9.17) is 0 Å². The first kappa shape index (κ1) is 12.2. The lowest BCUT2D eigenvalue weighted by Crippen LogP contribution is -2.01. The van der Waals surface area contributed by atoms with Gasteiger partial charge in [0.2, 0.25) is 0 Å². The van der Waals surface area contributed by atoms with Gasteiger partial charge in [0.15, 0.2) is 0 Å². The van der Waals surface area contributed by atoms with Crippen molar-refractivity contribution in [3.63, 3.8) is 0 Å². The lowest BCUT2D eigenvalue weighted by molar-refractivity contribution is -0.139. The molecule has 0 spiro atoms. The third kappa shape index (κ3) is 2.88. The minimum absolute atomic E-state index is 0.240. The summed E-state index contributed by atoms with van der Waals surface area (Å²) in [6.45, 7) is 0. The van der Waals surface area contributed by atoms with Gasteiger partial charge in [-0.25, -0.2) is 0 Å². The molecule has 0 fully saturated rings. The number of carbonyl (C=O) groups is 1. The lowest BCUT2D eigenvalue weighted by Gasteiger charge is -2.09. The molecule has 0 amide bonds. The highest BCUT2D eigenvalue weighted by molar-refractivity contribution is 5.75. The number of hydrogen-bond acceptors (Lipinski definition) is 2. The van der Waals surface area contributed by atoms with Crippen LogP contribution in [0.5, 0.6) is 0 Å². The van der Waals surface area contributed by atoms with Crippen LogP contribution < -0.4 is 0 Å². The number of carbonyl (C=O) groups excluding carboxylic acids is 1. The molecule has 2 rings (SSSR count). The molecule has 0 bridgehead atoms. The maximum absolute atomic E-state index is 11.2. The minimum Gasteiger partial charge on any atom is -0.469 e. The van der Waals surface area contributed by atoms with Crippen molar-refractivity contribution in [3.8, 4) is 0 Å². The van der Waals surface area contributed by atoms with Crippen molar-refractivity contribution in [1.82, 2.24) is 4.57 Å². The molecule has 0 unspecified atom stereocenters. The molecule has 3 heteroatoms. The summed E-state index contributed by atoms with van der Waals surface area (Å²) in [6, 6.07) is 13.9. The van der Waals surface area contributed by atoms with Crippen molar-refractivity contribution < 1.29 is 9.53 Å². The first-order valence-corrected chi connectivity index (χ1v) is 5.77. The van der Waals surface area contributed by atoms with Crippen LogP contribution in [0.1, 0.15) is 12.0 Å². The maximum atomic E-state index is 11.2. The van der Waals surface area contributed by atoms with Crippen molar-refractivity contribution in [3.05, 3.63) is 66.5 Å². The summed E-state index contributed by atoms with van der Waals surface area (Å²) in [7, 11) is 1.40. The van der Waals surface area contributed by atoms with Gasteiger partial charge in [0.05, 0.1) is 13.5 Å². The molecule has 1 aromatic heterocycles. The smallest absolute Gasteiger partial charge is 0.309 e. The van der Waals surface area contributed by atoms with E-state index in [9.17, 15) is 4.79 Å². The third-order valence-electron chi connectivity index (χ3n) is 2.64. The van der Waals surface area contributed by atoms with Crippen LogP contribution in [0, 0.1) is 0 Å². The highest BCUT2D eigenvalue weighted by Gasteiger charge is 2.04. The Balaban J connectivity index is 2.33. The molecule has 18 heavy (non-hydrogen) atoms. The van der Waals surface area contributed by atoms with Gasteiger partial charge < -0.3 is 9.30 Å². The van der Waals surface area contributed by atoms with Gasteiger partial charge in [-0.15, -0.1) is 0 Å². The molecule has 2 aromatic rings. The normalized spacial score (nSPS) is 11.3. The fourth-order valence-corrected chi connectivity index (χ4v) is 1.74. The van der Waals surface area contributed by atoms with Crippen LogP contribution in [0.2, 0.25) is 0 Å². The SMILES string of the molecule is COC(=O)C/C=C(/c1ccccc1)n1cccc1. The van der Waals surface area contributed by atoms with E-state index in [0.717, 1.165) is 11.3 Å². The number of hydrogen-bond donors (Lipinski definition) is 0. The van der Waals surface area contributed by atoms with Crippen LogP contribution in [0.15, 0.2) is 60.9 Å². The second-order valence-electron chi connectivity index (χ2n) is 3.83. The summed E-state index contributed by atoms with van der Waals surface area (Å²) in [6.07, 6.45) is 6.05. The second kappa shape index (κ2) is 5.87. The Bertz CT molecular complexity index is 527. The summed E-state index contributed by atoms with van der Waals surface area (Å²) < 4.78 is 6.65. The molecule has 0 saturated heterocycles. The monoisotopic (exact) mass is 241 g/mol. The molecular formula is C15H15NO2. The van der Waals surface area contributed by atoms with Gasteiger partial charge in [0.1, 0.15) is 0 Å². The van der Waals surface area contributed by atoms with E-state index in [2.05, 4.69) is 4.74 Å². The predicted molar refractivity (Wildman–Crippen MR) is 70.9 cm³/mol. The lowest BCUT2D eigenvalue weighted by atomic mass is 10.1. The molecule has 1 aromatic carbocycles. The first-order valence-electron chi connectivity index (χ1n) is 5.77. The number of esters is 1. The van der Waals surface area contributed by atoms with E-state index in [0.29, 0.717) is 0 Å². The topological polar surface area (TPSA) is 31.2 Å². The van der Waals surface area contributed by atoms with Crippen molar-refractivity contribution >= 4 is 11.7 Å². The Hall–Kier alpha value is -2.29. The zero-order valence-corrected chi connectivity index (χ0v) is 10.2. The Morgan fingerprint density at radius 3 is 2.44 bits per heavy atom. The van der Waals surface area contributed by atoms with Gasteiger partial charge in [0.25, 0.3) is 0 Å². The highest BCUT2D eigenvalue weighted by atomic mass is 16.5. The van der Waals surface area contributed by atoms with Crippen molar-refractivity contribution in [2.45, 2.75) is 6.42 Å². The Labute approximate surface area is 106 Å². The van der Waals surface area contributed by atoms with E-state index >= 15 is 0 Å². The van der Waals surface area contributed by atoms with Crippen LogP contribution >= 0.6 is 0 Å². The second-order valence-corrected chi connectivity index (χ2v) is 3.83. The van der Waals surface area contributed by atoms with E-state index < -0.39 is 0 Å². The Kier molecular flexibility index (Phi) is 3.97. The van der Waals surface area contributed by atoms with Crippen LogP contribution in [0.3, 0.4) is 0 Å². The van der Waals surface area contributed by atoms with Gasteiger partial charge in [0, 0.05) is 18.1 Å². The molecule has 1 heterocycles. The first-order chi connectivity index (χ1) is 8.81. The van der Waals surface area contributed by atoms with E-state index in [1.165, 1.54) is 7.11 Å². The van der Waals surface area contributed by atoms with E-state index in [1.54, 1.807) is 0 Å². The van der Waals surface area contributed by atoms with Gasteiger partial charge in [-0.05, 0) is 23.8 Å². The Morgan fingerprint density at radius 1 is 1.17 bits per heavy atom. The highest BCUT2D eigenvalue weighted by Crippen LogP contribution is 2.17. The summed E-state index contributed by atoms with van der Waals surface area (Å²) in [4.78, 5) is 11.2. The number of benzene rings is 1. The summed E-state index contributed by atoms with van der Waals surface area (Å²) in [5.41, 5.74) is 2.05. The number of rotatable bonds is 4. The number of ether oxygens (including phenoxy) is 1. The van der Waals surface area contributed by atoms with Gasteiger partial charge in [-0.3, -0.25) is 4.79 Å². The molecular weight excluding hydrogens is 226 g/mol. The van der Waals surface area contributed by atoms with E-state index in [-0.39, 0.29) is 12.4 Å². The summed E-state index contributed by atoms with van der Waals surface area (Å²) in [5, 5.41) is 0. The minimum atomic E-state index is -0.240. The van der Waals surface area contributed by atoms with Crippen molar-refractivity contribution in [1.29, 1.82) is 0 Å². The van der Waals surface area contributed by atoms with Crippen LogP contribution in [0.25, 0.3) is 5.70 Å². The molecule has 0 aliphatic heterocycles. The summed E-state index contributed by atoms with van der Waals surface area (Å²) in [5.74, 6) is -0.240. The zero-order chi connectivity index (χ0) is 12.8. The third-order valence-corrected chi connectivity index (χ3v) is 2.64. The van der Waals surface area contributed by atoms with Gasteiger partial charge in [-0.1, -0.05) is 30.3 Å². The van der Waals surface area contributed by atoms with Crippen LogP contribution in [-0.4, -0.2) is 17.6 Å².